The van der Waals surface area contributed by atoms with Crippen LogP contribution in [-0.4, -0.2) is 61.2 Å². The maximum atomic E-state index is 13.5. The molecule has 0 fully saturated rings. The molecule has 302 valence electrons. The zero-order valence-corrected chi connectivity index (χ0v) is 32.1. The molecule has 4 aromatic heterocycles. The molecule has 60 heavy (non-hydrogen) atoms. The fourth-order valence-corrected chi connectivity index (χ4v) is 5.96. The summed E-state index contributed by atoms with van der Waals surface area (Å²) in [4.78, 5) is 55.4. The normalized spacial score (nSPS) is 10.9. The lowest BCUT2D eigenvalue weighted by Crippen LogP contribution is -2.18. The molecule has 0 aliphatic carbocycles. The number of hydrogen-bond acceptors (Lipinski definition) is 12. The second-order valence-corrected chi connectivity index (χ2v) is 13.1. The van der Waals surface area contributed by atoms with Crippen LogP contribution in [0.3, 0.4) is 0 Å². The summed E-state index contributed by atoms with van der Waals surface area (Å²) in [7, 11) is 3.86. The van der Waals surface area contributed by atoms with Crippen LogP contribution in [0.5, 0.6) is 23.5 Å². The van der Waals surface area contributed by atoms with Crippen LogP contribution >= 0.6 is 0 Å². The number of rotatable bonds is 13. The lowest BCUT2D eigenvalue weighted by Gasteiger charge is -2.12. The number of benzene rings is 4. The minimum Gasteiger partial charge on any atom is -0.424 e. The van der Waals surface area contributed by atoms with Crippen molar-refractivity contribution in [2.45, 2.75) is 13.1 Å². The Morgan fingerprint density at radius 3 is 1.48 bits per heavy atom. The van der Waals surface area contributed by atoms with Crippen molar-refractivity contribution in [3.8, 4) is 68.5 Å². The molecule has 0 radical (unpaired) electrons. The molecule has 0 saturated carbocycles. The summed E-state index contributed by atoms with van der Waals surface area (Å²) in [5.41, 5.74) is 1.79. The van der Waals surface area contributed by atoms with Crippen LogP contribution in [0, 0.1) is 11.6 Å². The van der Waals surface area contributed by atoms with E-state index in [0.717, 1.165) is 4.74 Å². The van der Waals surface area contributed by atoms with Gasteiger partial charge in [-0.25, -0.2) is 33.1 Å². The minimum absolute atomic E-state index is 0.0602. The summed E-state index contributed by atoms with van der Waals surface area (Å²) in [6.45, 7) is 0.883. The highest BCUT2D eigenvalue weighted by Gasteiger charge is 2.24. The molecule has 0 aliphatic heterocycles. The Labute approximate surface area is 340 Å². The van der Waals surface area contributed by atoms with Crippen molar-refractivity contribution >= 4 is 6.29 Å². The van der Waals surface area contributed by atoms with E-state index < -0.39 is 17.1 Å². The van der Waals surface area contributed by atoms with E-state index in [-0.39, 0.29) is 35.6 Å². The van der Waals surface area contributed by atoms with Crippen LogP contribution in [0.2, 0.25) is 0 Å². The molecule has 0 aliphatic rings. The number of carbonyl (C=O) groups excluding carboxylic acids is 1. The number of carbonyl (C=O) groups is 1. The van der Waals surface area contributed by atoms with Gasteiger partial charge < -0.3 is 28.2 Å². The van der Waals surface area contributed by atoms with E-state index in [9.17, 15) is 23.2 Å². The molecule has 0 saturated heterocycles. The molecule has 0 spiro atoms. The number of likely N-dealkylation sites (N-methyl/N-ethyl adjacent to an activating group) is 1. The standard InChI is InChI=1S/C23H21FN4O3.C21H14FN3O4/c1-27(2)14-15-28-21(20(22(29)31-28)16-8-10-17(24)11-9-16)19-12-13-25-23(26-19)30-18-6-4-3-5-7-18;22-15-8-6-14(7-9-15)18-19(25(12-13-26)29-20(18)27)17-10-11-23-21(24-17)28-16-4-2-1-3-5-16/h3-13H,14-15H2,1-2H3;1-11,13H,12H2. The third kappa shape index (κ3) is 9.63. The molecule has 16 heteroatoms. The van der Waals surface area contributed by atoms with Gasteiger partial charge in [0.2, 0.25) is 0 Å². The van der Waals surface area contributed by atoms with Crippen molar-refractivity contribution in [2.75, 3.05) is 20.6 Å². The van der Waals surface area contributed by atoms with Gasteiger partial charge in [0.05, 0.1) is 29.1 Å². The largest absolute Gasteiger partial charge is 0.424 e. The van der Waals surface area contributed by atoms with Gasteiger partial charge in [-0.15, -0.1) is 0 Å². The van der Waals surface area contributed by atoms with Gasteiger partial charge in [0, 0.05) is 18.9 Å². The van der Waals surface area contributed by atoms with E-state index in [4.69, 9.17) is 18.5 Å². The molecule has 0 atom stereocenters. The molecule has 0 unspecified atom stereocenters. The first-order valence-corrected chi connectivity index (χ1v) is 18.4. The lowest BCUT2D eigenvalue weighted by atomic mass is 10.0. The predicted molar refractivity (Wildman–Crippen MR) is 216 cm³/mol. The van der Waals surface area contributed by atoms with Gasteiger partial charge in [0.1, 0.15) is 47.4 Å². The second-order valence-electron chi connectivity index (χ2n) is 13.1. The Bertz CT molecular complexity index is 2810. The van der Waals surface area contributed by atoms with Crippen LogP contribution in [0.25, 0.3) is 45.0 Å². The van der Waals surface area contributed by atoms with Crippen molar-refractivity contribution in [3.05, 3.63) is 166 Å². The van der Waals surface area contributed by atoms with E-state index in [1.165, 1.54) is 47.3 Å². The van der Waals surface area contributed by atoms with Gasteiger partial charge in [0.25, 0.3) is 0 Å². The molecule has 0 N–H and O–H groups in total. The molecule has 14 nitrogen and oxygen atoms in total. The summed E-state index contributed by atoms with van der Waals surface area (Å²) in [6.07, 6.45) is 3.63. The van der Waals surface area contributed by atoms with E-state index in [1.54, 1.807) is 54.7 Å². The van der Waals surface area contributed by atoms with Crippen molar-refractivity contribution in [2.24, 2.45) is 0 Å². The zero-order chi connectivity index (χ0) is 42.0. The summed E-state index contributed by atoms with van der Waals surface area (Å²) in [5, 5.41) is 0. The SMILES string of the molecule is CN(C)CCn1oc(=O)c(-c2ccc(F)cc2)c1-c1ccnc(Oc2ccccc2)n1.O=CCn1oc(=O)c(-c2ccc(F)cc2)c1-c1ccnc(Oc2ccccc2)n1. The maximum Gasteiger partial charge on any atom is 0.366 e. The van der Waals surface area contributed by atoms with E-state index in [2.05, 4.69) is 19.9 Å². The number of aromatic nitrogens is 6. The summed E-state index contributed by atoms with van der Waals surface area (Å²) in [6, 6.07) is 32.7. The van der Waals surface area contributed by atoms with E-state index in [1.807, 2.05) is 55.4 Å². The fraction of sp³-hybridized carbons (Fsp3) is 0.114. The van der Waals surface area contributed by atoms with Crippen molar-refractivity contribution < 1.29 is 32.1 Å². The van der Waals surface area contributed by atoms with Crippen LogP contribution in [0.4, 0.5) is 8.78 Å². The Morgan fingerprint density at radius 1 is 0.617 bits per heavy atom. The molecular weight excluding hydrogens is 777 g/mol. The number of halogens is 2. The molecule has 8 rings (SSSR count). The second kappa shape index (κ2) is 18.6. The average molecular weight is 812 g/mol. The van der Waals surface area contributed by atoms with Crippen LogP contribution in [0.15, 0.2) is 152 Å². The van der Waals surface area contributed by atoms with Gasteiger partial charge >= 0.3 is 23.3 Å². The first-order chi connectivity index (χ1) is 29.2. The first kappa shape index (κ1) is 40.4. The van der Waals surface area contributed by atoms with Gasteiger partial charge in [0.15, 0.2) is 0 Å². The minimum atomic E-state index is -0.669. The molecule has 4 heterocycles. The zero-order valence-electron chi connectivity index (χ0n) is 32.1. The van der Waals surface area contributed by atoms with Crippen molar-refractivity contribution in [1.82, 2.24) is 34.3 Å². The number of hydrogen-bond donors (Lipinski definition) is 0. The van der Waals surface area contributed by atoms with Gasteiger partial charge in [-0.3, -0.25) is 0 Å². The quantitative estimate of drug-likeness (QED) is 0.104. The van der Waals surface area contributed by atoms with Crippen molar-refractivity contribution in [1.29, 1.82) is 0 Å². The lowest BCUT2D eigenvalue weighted by molar-refractivity contribution is -0.109. The maximum absolute atomic E-state index is 13.5. The predicted octanol–water partition coefficient (Wildman–Crippen LogP) is 7.75. The highest BCUT2D eigenvalue weighted by atomic mass is 19.1. The van der Waals surface area contributed by atoms with Crippen molar-refractivity contribution in [3.63, 3.8) is 0 Å². The summed E-state index contributed by atoms with van der Waals surface area (Å²) < 4.78 is 51.6. The Morgan fingerprint density at radius 2 is 1.05 bits per heavy atom. The number of nitrogens with zero attached hydrogens (tertiary/aromatic N) is 7. The topological polar surface area (TPSA) is 161 Å². The third-order valence-corrected chi connectivity index (χ3v) is 8.68. The molecule has 0 amide bonds. The molecular formula is C44H35F2N7O7. The van der Waals surface area contributed by atoms with Crippen LogP contribution in [0.1, 0.15) is 0 Å². The summed E-state index contributed by atoms with van der Waals surface area (Å²) in [5.74, 6) is 0.311. The highest BCUT2D eigenvalue weighted by molar-refractivity contribution is 5.80. The Hall–Kier alpha value is -7.85. The highest BCUT2D eigenvalue weighted by Crippen LogP contribution is 2.32. The fourth-order valence-electron chi connectivity index (χ4n) is 5.96. The van der Waals surface area contributed by atoms with Crippen LogP contribution < -0.4 is 20.7 Å². The van der Waals surface area contributed by atoms with Gasteiger partial charge in [-0.2, -0.15) is 14.7 Å². The van der Waals surface area contributed by atoms with Gasteiger partial charge in [-0.1, -0.05) is 60.7 Å². The number of para-hydroxylation sites is 2. The smallest absolute Gasteiger partial charge is 0.366 e. The molecule has 8 aromatic rings. The van der Waals surface area contributed by atoms with Crippen LogP contribution in [-0.2, 0) is 17.9 Å². The number of aldehydes is 1. The van der Waals surface area contributed by atoms with E-state index in [0.29, 0.717) is 64.6 Å². The van der Waals surface area contributed by atoms with Gasteiger partial charge in [-0.05, 0) is 85.9 Å². The van der Waals surface area contributed by atoms with E-state index >= 15 is 0 Å². The average Bonchev–Trinajstić information content (AvgIpc) is 3.77. The third-order valence-electron chi connectivity index (χ3n) is 8.68. The number of ether oxygens (including phenoxy) is 2. The monoisotopic (exact) mass is 811 g/mol. The Balaban J connectivity index is 0.000000182. The Kier molecular flexibility index (Phi) is 12.5. The molecule has 4 aromatic carbocycles. The summed E-state index contributed by atoms with van der Waals surface area (Å²) >= 11 is 0. The molecule has 0 bridgehead atoms. The first-order valence-electron chi connectivity index (χ1n) is 18.4.